The van der Waals surface area contributed by atoms with Crippen molar-refractivity contribution in [3.63, 3.8) is 0 Å². The van der Waals surface area contributed by atoms with E-state index in [2.05, 4.69) is 34.6 Å². The molecule has 0 aromatic heterocycles. The van der Waals surface area contributed by atoms with Crippen LogP contribution >= 0.6 is 11.6 Å². The van der Waals surface area contributed by atoms with Crippen LogP contribution in [0.2, 0.25) is 0 Å². The smallest absolute Gasteiger partial charge is 0.324 e. The van der Waals surface area contributed by atoms with Gasteiger partial charge < -0.3 is 14.2 Å². The van der Waals surface area contributed by atoms with Crippen molar-refractivity contribution in [1.29, 1.82) is 0 Å². The van der Waals surface area contributed by atoms with Crippen LogP contribution in [0.15, 0.2) is 24.3 Å². The van der Waals surface area contributed by atoms with Gasteiger partial charge in [0.05, 0.1) is 6.61 Å². The fraction of sp³-hybridized carbons (Fsp3) is 0.500. The van der Waals surface area contributed by atoms with Gasteiger partial charge >= 0.3 is 5.97 Å². The summed E-state index contributed by atoms with van der Waals surface area (Å²) in [6, 6.07) is 7.69. The van der Waals surface area contributed by atoms with Gasteiger partial charge in [0.25, 0.3) is 0 Å². The van der Waals surface area contributed by atoms with Gasteiger partial charge in [-0.15, -0.1) is 11.6 Å². The van der Waals surface area contributed by atoms with Crippen molar-refractivity contribution in [1.82, 2.24) is 0 Å². The molecular formula is C26H33ClO4. The van der Waals surface area contributed by atoms with Crippen molar-refractivity contribution in [2.45, 2.75) is 71.8 Å². The lowest BCUT2D eigenvalue weighted by atomic mass is 9.85. The Hall–Kier alpha value is -2.20. The maximum Gasteiger partial charge on any atom is 0.324 e. The zero-order chi connectivity index (χ0) is 22.8. The van der Waals surface area contributed by atoms with Gasteiger partial charge in [-0.05, 0) is 106 Å². The Morgan fingerprint density at radius 1 is 1.10 bits per heavy atom. The Kier molecular flexibility index (Phi) is 7.20. The van der Waals surface area contributed by atoms with E-state index >= 15 is 0 Å². The van der Waals surface area contributed by atoms with E-state index in [4.69, 9.17) is 25.8 Å². The maximum absolute atomic E-state index is 11.7. The summed E-state index contributed by atoms with van der Waals surface area (Å²) in [7, 11) is 0. The largest absolute Gasteiger partial charge is 0.489 e. The van der Waals surface area contributed by atoms with Crippen LogP contribution in [0.3, 0.4) is 0 Å². The maximum atomic E-state index is 11.7. The molecule has 3 rings (SSSR count). The third-order valence-corrected chi connectivity index (χ3v) is 6.76. The quantitative estimate of drug-likeness (QED) is 0.400. The van der Waals surface area contributed by atoms with E-state index < -0.39 is 5.38 Å². The molecule has 2 aromatic rings. The van der Waals surface area contributed by atoms with Crippen LogP contribution in [0.4, 0.5) is 0 Å². The number of fused-ring (bicyclic) bond motifs is 1. The third-order valence-electron chi connectivity index (χ3n) is 6.43. The van der Waals surface area contributed by atoms with Gasteiger partial charge in [-0.1, -0.05) is 12.1 Å². The Bertz CT molecular complexity index is 951. The van der Waals surface area contributed by atoms with Crippen molar-refractivity contribution in [2.24, 2.45) is 0 Å². The minimum Gasteiger partial charge on any atom is -0.489 e. The number of alkyl halides is 1. The zero-order valence-corrected chi connectivity index (χ0v) is 20.2. The highest BCUT2D eigenvalue weighted by Gasteiger charge is 2.35. The van der Waals surface area contributed by atoms with Crippen LogP contribution in [-0.4, -0.2) is 30.2 Å². The zero-order valence-electron chi connectivity index (χ0n) is 19.4. The molecule has 0 aliphatic carbocycles. The lowest BCUT2D eigenvalue weighted by Crippen LogP contribution is -2.42. The Morgan fingerprint density at radius 2 is 1.74 bits per heavy atom. The molecule has 0 amide bonds. The number of rotatable bonds is 7. The Morgan fingerprint density at radius 3 is 2.39 bits per heavy atom. The van der Waals surface area contributed by atoms with Crippen molar-refractivity contribution in [2.75, 3.05) is 13.2 Å². The van der Waals surface area contributed by atoms with E-state index in [1.54, 1.807) is 6.92 Å². The van der Waals surface area contributed by atoms with Crippen LogP contribution in [0.25, 0.3) is 0 Å². The number of ether oxygens (including phenoxy) is 3. The first-order valence-corrected chi connectivity index (χ1v) is 11.4. The number of hydrogen-bond acceptors (Lipinski definition) is 4. The lowest BCUT2D eigenvalue weighted by molar-refractivity contribution is -0.142. The molecular weight excluding hydrogens is 412 g/mol. The van der Waals surface area contributed by atoms with Gasteiger partial charge in [-0.25, -0.2) is 0 Å². The number of halogens is 1. The minimum atomic E-state index is -0.680. The number of carbonyl (C=O) groups excluding carboxylic acids is 1. The molecule has 0 N–H and O–H groups in total. The lowest BCUT2D eigenvalue weighted by Gasteiger charge is -2.38. The summed E-state index contributed by atoms with van der Waals surface area (Å²) in [4.78, 5) is 11.7. The van der Waals surface area contributed by atoms with E-state index in [9.17, 15) is 4.79 Å². The number of hydrogen-bond donors (Lipinski definition) is 0. The second kappa shape index (κ2) is 9.52. The first-order valence-electron chi connectivity index (χ1n) is 11.0. The molecule has 0 bridgehead atoms. The fourth-order valence-corrected chi connectivity index (χ4v) is 4.31. The fourth-order valence-electron chi connectivity index (χ4n) is 4.06. The second-order valence-corrected chi connectivity index (χ2v) is 9.24. The second-order valence-electron chi connectivity index (χ2n) is 8.72. The average Bonchev–Trinajstić information content (AvgIpc) is 2.76. The SMILES string of the molecule is CCOC(=O)C(Cl)Cc1ccc(OCC2(C)CCc3c(C)c(C)c(C)c(C)c3O2)cc1. The summed E-state index contributed by atoms with van der Waals surface area (Å²) in [6.45, 7) is 13.4. The van der Waals surface area contributed by atoms with Gasteiger partial charge in [-0.3, -0.25) is 4.79 Å². The summed E-state index contributed by atoms with van der Waals surface area (Å²) < 4.78 is 17.6. The topological polar surface area (TPSA) is 44.8 Å². The highest BCUT2D eigenvalue weighted by atomic mass is 35.5. The van der Waals surface area contributed by atoms with Crippen molar-refractivity contribution in [3.8, 4) is 11.5 Å². The molecule has 1 aliphatic heterocycles. The minimum absolute atomic E-state index is 0.332. The highest BCUT2D eigenvalue weighted by Crippen LogP contribution is 2.41. The standard InChI is InChI=1S/C26H33ClO4/c1-7-29-25(28)23(27)14-20-8-10-21(11-9-20)30-15-26(6)13-12-22-18(4)16(2)17(3)19(5)24(22)31-26/h8-11,23H,7,12-15H2,1-6H3. The molecule has 1 heterocycles. The molecule has 2 aromatic carbocycles. The molecule has 1 aliphatic rings. The first kappa shape index (κ1) is 23.5. The monoisotopic (exact) mass is 444 g/mol. The van der Waals surface area contributed by atoms with E-state index in [-0.39, 0.29) is 11.6 Å². The molecule has 0 radical (unpaired) electrons. The van der Waals surface area contributed by atoms with Crippen LogP contribution in [0.1, 0.15) is 53.6 Å². The van der Waals surface area contributed by atoms with Crippen LogP contribution in [-0.2, 0) is 22.4 Å². The number of benzene rings is 2. The molecule has 5 heteroatoms. The van der Waals surface area contributed by atoms with E-state index in [0.717, 1.165) is 29.9 Å². The predicted octanol–water partition coefficient (Wildman–Crippen LogP) is 5.80. The summed E-state index contributed by atoms with van der Waals surface area (Å²) in [5, 5.41) is -0.680. The summed E-state index contributed by atoms with van der Waals surface area (Å²) in [5.41, 5.74) is 7.16. The number of carbonyl (C=O) groups is 1. The molecule has 31 heavy (non-hydrogen) atoms. The third kappa shape index (κ3) is 5.17. The van der Waals surface area contributed by atoms with Gasteiger partial charge in [0.15, 0.2) is 0 Å². The summed E-state index contributed by atoms with van der Waals surface area (Å²) in [5.74, 6) is 1.41. The van der Waals surface area contributed by atoms with E-state index in [1.807, 2.05) is 24.3 Å². The Labute approximate surface area is 190 Å². The molecule has 168 valence electrons. The molecule has 0 fully saturated rings. The molecule has 2 unspecified atom stereocenters. The van der Waals surface area contributed by atoms with Crippen molar-refractivity contribution >= 4 is 17.6 Å². The molecule has 0 spiro atoms. The summed E-state index contributed by atoms with van der Waals surface area (Å²) in [6.07, 6.45) is 2.33. The predicted molar refractivity (Wildman–Crippen MR) is 125 cm³/mol. The molecule has 4 nitrogen and oxygen atoms in total. The summed E-state index contributed by atoms with van der Waals surface area (Å²) >= 11 is 6.13. The normalized spacial score (nSPS) is 18.7. The average molecular weight is 445 g/mol. The van der Waals surface area contributed by atoms with Crippen LogP contribution in [0.5, 0.6) is 11.5 Å². The Balaban J connectivity index is 1.64. The van der Waals surface area contributed by atoms with E-state index in [0.29, 0.717) is 19.6 Å². The van der Waals surface area contributed by atoms with Gasteiger partial charge in [0.1, 0.15) is 29.1 Å². The molecule has 0 saturated heterocycles. The van der Waals surface area contributed by atoms with Gasteiger partial charge in [-0.2, -0.15) is 0 Å². The van der Waals surface area contributed by atoms with Crippen molar-refractivity contribution < 1.29 is 19.0 Å². The number of esters is 1. The van der Waals surface area contributed by atoms with E-state index in [1.165, 1.54) is 27.8 Å². The van der Waals surface area contributed by atoms with Crippen LogP contribution in [0, 0.1) is 27.7 Å². The molecule has 2 atom stereocenters. The van der Waals surface area contributed by atoms with Crippen LogP contribution < -0.4 is 9.47 Å². The van der Waals surface area contributed by atoms with Gasteiger partial charge in [0, 0.05) is 0 Å². The highest BCUT2D eigenvalue weighted by molar-refractivity contribution is 6.30. The van der Waals surface area contributed by atoms with Gasteiger partial charge in [0.2, 0.25) is 0 Å². The molecule has 0 saturated carbocycles. The van der Waals surface area contributed by atoms with Crippen molar-refractivity contribution in [3.05, 3.63) is 57.6 Å². The first-order chi connectivity index (χ1) is 14.6.